The molecule has 0 aliphatic heterocycles. The number of hydrogen-bond donors (Lipinski definition) is 3. The van der Waals surface area contributed by atoms with Crippen molar-refractivity contribution in [1.29, 1.82) is 0 Å². The van der Waals surface area contributed by atoms with E-state index in [9.17, 15) is 38.9 Å². The van der Waals surface area contributed by atoms with Gasteiger partial charge in [-0.05, 0) is 90.7 Å². The summed E-state index contributed by atoms with van der Waals surface area (Å²) in [5, 5.41) is 0. The molecule has 0 saturated carbocycles. The fraction of sp³-hybridized carbons (Fsp3) is 0.162. The number of nitrogens with zero attached hydrogens (tertiary/aromatic N) is 2. The minimum Gasteiger partial charge on any atom is -0.367 e. The van der Waals surface area contributed by atoms with E-state index in [1.165, 1.54) is 36.4 Å². The van der Waals surface area contributed by atoms with E-state index in [1.54, 1.807) is 36.4 Å². The first-order chi connectivity index (χ1) is 24.1. The quantitative estimate of drug-likeness (QED) is 0.111. The number of rotatable bonds is 12. The predicted octanol–water partition coefficient (Wildman–Crippen LogP) is 3.06. The molecule has 1 aliphatic rings. The van der Waals surface area contributed by atoms with Crippen molar-refractivity contribution in [3.63, 3.8) is 0 Å². The minimum absolute atomic E-state index is 0. The van der Waals surface area contributed by atoms with Crippen LogP contribution in [0.25, 0.3) is 5.57 Å². The molecule has 0 spiro atoms. The molecular formula is C37H37N2NaO9S3+2. The Bertz CT molecular complexity index is 2400. The van der Waals surface area contributed by atoms with Gasteiger partial charge in [-0.25, -0.2) is 4.58 Å². The zero-order chi connectivity index (χ0) is 37.0. The van der Waals surface area contributed by atoms with Crippen LogP contribution in [0.2, 0.25) is 0 Å². The third kappa shape index (κ3) is 10.0. The predicted molar refractivity (Wildman–Crippen MR) is 196 cm³/mol. The van der Waals surface area contributed by atoms with Crippen molar-refractivity contribution in [1.82, 2.24) is 0 Å². The average Bonchev–Trinajstić information content (AvgIpc) is 3.10. The third-order valence-corrected chi connectivity index (χ3v) is 11.0. The summed E-state index contributed by atoms with van der Waals surface area (Å²) in [7, 11) is -13.3. The van der Waals surface area contributed by atoms with E-state index in [-0.39, 0.29) is 44.2 Å². The molecule has 0 fully saturated rings. The normalized spacial score (nSPS) is 13.1. The Morgan fingerprint density at radius 2 is 1.21 bits per heavy atom. The summed E-state index contributed by atoms with van der Waals surface area (Å²) in [5.74, 6) is 0. The molecule has 266 valence electrons. The second-order valence-electron chi connectivity index (χ2n) is 11.7. The molecule has 0 radical (unpaired) electrons. The van der Waals surface area contributed by atoms with Gasteiger partial charge < -0.3 is 4.90 Å². The maximum absolute atomic E-state index is 12.5. The van der Waals surface area contributed by atoms with E-state index in [2.05, 4.69) is 0 Å². The van der Waals surface area contributed by atoms with Gasteiger partial charge in [-0.3, -0.25) is 13.7 Å². The van der Waals surface area contributed by atoms with Crippen molar-refractivity contribution >= 4 is 47.3 Å². The first kappa shape index (κ1) is 41.1. The molecule has 0 amide bonds. The molecule has 0 heterocycles. The molecule has 0 bridgehead atoms. The van der Waals surface area contributed by atoms with Crippen molar-refractivity contribution < 1.29 is 73.0 Å². The fourth-order valence-corrected chi connectivity index (χ4v) is 7.67. The van der Waals surface area contributed by atoms with Gasteiger partial charge in [-0.15, -0.1) is 0 Å². The molecule has 0 aromatic heterocycles. The maximum atomic E-state index is 12.5. The Balaban J connectivity index is 0.00000605. The van der Waals surface area contributed by atoms with Gasteiger partial charge in [0.25, 0.3) is 30.4 Å². The molecule has 3 N–H and O–H groups in total. The molecule has 0 saturated heterocycles. The Hall–Kier alpha value is -3.70. The van der Waals surface area contributed by atoms with Crippen molar-refractivity contribution in [2.75, 3.05) is 18.0 Å². The summed E-state index contributed by atoms with van der Waals surface area (Å²) in [6.07, 6.45) is 7.43. The SMILES string of the molecule is CCN(Cc1cccc(S(=O)(=O)O)c1)c1ccc(C(=C2C=CC(=[N+](CC)Cc3cccc(S(=O)(=O)O)c3)C=C2)c2ccccc2S(=O)(=O)O)cc1.[Na+]. The Morgan fingerprint density at radius 1 is 0.654 bits per heavy atom. The first-order valence-electron chi connectivity index (χ1n) is 15.9. The summed E-state index contributed by atoms with van der Waals surface area (Å²) < 4.78 is 103. The molecule has 15 heteroatoms. The molecule has 0 atom stereocenters. The zero-order valence-corrected chi connectivity index (χ0v) is 33.2. The number of anilines is 1. The molecule has 4 aromatic carbocycles. The molecular weight excluding hydrogens is 736 g/mol. The van der Waals surface area contributed by atoms with Gasteiger partial charge in [-0.2, -0.15) is 25.3 Å². The fourth-order valence-electron chi connectivity index (χ4n) is 5.87. The zero-order valence-electron chi connectivity index (χ0n) is 28.8. The van der Waals surface area contributed by atoms with Gasteiger partial charge in [0.1, 0.15) is 11.4 Å². The summed E-state index contributed by atoms with van der Waals surface area (Å²) >= 11 is 0. The van der Waals surface area contributed by atoms with Crippen LogP contribution in [0.5, 0.6) is 0 Å². The van der Waals surface area contributed by atoms with Crippen LogP contribution >= 0.6 is 0 Å². The van der Waals surface area contributed by atoms with Crippen molar-refractivity contribution in [2.45, 2.75) is 41.6 Å². The van der Waals surface area contributed by atoms with Crippen molar-refractivity contribution in [3.8, 4) is 0 Å². The van der Waals surface area contributed by atoms with Crippen LogP contribution in [0.15, 0.2) is 142 Å². The second kappa shape index (κ2) is 17.0. The molecule has 11 nitrogen and oxygen atoms in total. The van der Waals surface area contributed by atoms with Gasteiger partial charge >= 0.3 is 29.6 Å². The van der Waals surface area contributed by atoms with Crippen LogP contribution in [0.1, 0.15) is 36.1 Å². The van der Waals surface area contributed by atoms with Crippen LogP contribution < -0.4 is 34.5 Å². The van der Waals surface area contributed by atoms with E-state index in [0.29, 0.717) is 59.6 Å². The molecule has 1 aliphatic carbocycles. The second-order valence-corrected chi connectivity index (χ2v) is 15.9. The molecule has 5 rings (SSSR count). The number of allylic oxidation sites excluding steroid dienone is 5. The molecule has 0 unspecified atom stereocenters. The van der Waals surface area contributed by atoms with Gasteiger partial charge in [0.15, 0.2) is 12.3 Å². The Kier molecular flexibility index (Phi) is 13.4. The average molecular weight is 773 g/mol. The van der Waals surface area contributed by atoms with Crippen molar-refractivity contribution in [3.05, 3.63) is 149 Å². The van der Waals surface area contributed by atoms with Crippen LogP contribution in [-0.4, -0.2) is 62.3 Å². The number of hydrogen-bond acceptors (Lipinski definition) is 7. The van der Waals surface area contributed by atoms with E-state index in [0.717, 1.165) is 11.4 Å². The van der Waals surface area contributed by atoms with Crippen molar-refractivity contribution in [2.24, 2.45) is 0 Å². The van der Waals surface area contributed by atoms with Gasteiger partial charge in [0.05, 0.1) is 9.79 Å². The summed E-state index contributed by atoms with van der Waals surface area (Å²) in [6.45, 7) is 5.77. The monoisotopic (exact) mass is 772 g/mol. The van der Waals surface area contributed by atoms with E-state index in [4.69, 9.17) is 0 Å². The smallest absolute Gasteiger partial charge is 0.367 e. The summed E-state index contributed by atoms with van der Waals surface area (Å²) in [5.41, 5.74) is 5.16. The van der Waals surface area contributed by atoms with Gasteiger partial charge in [-0.1, -0.05) is 54.6 Å². The van der Waals surface area contributed by atoms with Crippen LogP contribution in [-0.2, 0) is 43.4 Å². The summed E-state index contributed by atoms with van der Waals surface area (Å²) in [6, 6.07) is 25.8. The van der Waals surface area contributed by atoms with Crippen LogP contribution in [0.4, 0.5) is 5.69 Å². The van der Waals surface area contributed by atoms with E-state index >= 15 is 0 Å². The minimum atomic E-state index is -4.60. The molecule has 52 heavy (non-hydrogen) atoms. The first-order valence-corrected chi connectivity index (χ1v) is 20.2. The van der Waals surface area contributed by atoms with Gasteiger partial charge in [0, 0.05) is 42.1 Å². The Morgan fingerprint density at radius 3 is 1.75 bits per heavy atom. The standard InChI is InChI=1S/C37H36N2O9S3.Na/c1-3-38(25-27-9-7-11-33(23-27)49(40,41)42)31-19-15-29(16-20-31)37(35-13-5-6-14-36(35)51(46,47)48)30-17-21-32(22-18-30)39(4-2)26-28-10-8-12-34(24-28)50(43,44)45;/h5-24H,3-4,25-26H2,1-2H3,(H2-,40,41,42,43,44,45,46,47,48);/q;+1/p+1. The topological polar surface area (TPSA) is 169 Å². The van der Waals surface area contributed by atoms with Crippen LogP contribution in [0.3, 0.4) is 0 Å². The summed E-state index contributed by atoms with van der Waals surface area (Å²) in [4.78, 5) is 1.37. The Labute approximate surface area is 326 Å². The van der Waals surface area contributed by atoms with E-state index in [1.807, 2.05) is 71.9 Å². The van der Waals surface area contributed by atoms with Gasteiger partial charge in [0.2, 0.25) is 0 Å². The number of benzene rings is 4. The van der Waals surface area contributed by atoms with Crippen LogP contribution in [0, 0.1) is 0 Å². The molecule has 4 aromatic rings. The third-order valence-electron chi connectivity index (χ3n) is 8.38. The van der Waals surface area contributed by atoms with E-state index < -0.39 is 30.4 Å². The maximum Gasteiger partial charge on any atom is 1.00 e. The largest absolute Gasteiger partial charge is 1.00 e.